The molecule has 1 radical (unpaired) electrons. The Bertz CT molecular complexity index is 29.9. The van der Waals surface area contributed by atoms with Crippen LogP contribution in [0.15, 0.2) is 0 Å². The van der Waals surface area contributed by atoms with Crippen molar-refractivity contribution >= 4 is 0 Å². The van der Waals surface area contributed by atoms with Gasteiger partial charge in [0.1, 0.15) is 0 Å². The molecule has 0 bridgehead atoms. The van der Waals surface area contributed by atoms with Gasteiger partial charge in [-0.25, -0.2) is 0 Å². The summed E-state index contributed by atoms with van der Waals surface area (Å²) < 4.78 is 0. The molecule has 0 heterocycles. The second kappa shape index (κ2) is 4.30. The third kappa shape index (κ3) is 247. The molecule has 0 amide bonds. The molecule has 0 unspecified atom stereocenters. The van der Waals surface area contributed by atoms with Crippen molar-refractivity contribution in [2.45, 2.75) is 0 Å². The molecule has 0 aliphatic rings. The van der Waals surface area contributed by atoms with Crippen molar-refractivity contribution in [3.8, 4) is 0 Å². The van der Waals surface area contributed by atoms with Gasteiger partial charge in [-0.2, -0.15) is 0 Å². The molecule has 0 atom stereocenters. The fraction of sp³-hybridized carbons (Fsp3) is 0. The molecule has 0 aromatic rings. The van der Waals surface area contributed by atoms with Crippen LogP contribution in [0.2, 0.25) is 0 Å². The van der Waals surface area contributed by atoms with E-state index in [9.17, 15) is 0 Å². The van der Waals surface area contributed by atoms with Crippen LogP contribution in [0, 0.1) is 10.1 Å². The zero-order chi connectivity index (χ0) is 3.58. The van der Waals surface area contributed by atoms with Crippen molar-refractivity contribution < 1.29 is 43.0 Å². The van der Waals surface area contributed by atoms with E-state index in [2.05, 4.69) is 0 Å². The van der Waals surface area contributed by atoms with Crippen LogP contribution in [0.1, 0.15) is 0 Å². The molecular formula is HNO3Y. The predicted molar refractivity (Wildman–Crippen MR) is 8.78 cm³/mol. The molecule has 0 aliphatic heterocycles. The molecule has 5 heavy (non-hydrogen) atoms. The minimum atomic E-state index is -1.50. The van der Waals surface area contributed by atoms with Gasteiger partial charge in [0.15, 0.2) is 0 Å². The predicted octanol–water partition coefficient (Wildman–Crippen LogP) is -0.350. The Labute approximate surface area is 53.2 Å². The fourth-order valence-corrected chi connectivity index (χ4v) is 0. The van der Waals surface area contributed by atoms with Gasteiger partial charge in [-0.15, -0.1) is 10.1 Å². The van der Waals surface area contributed by atoms with Gasteiger partial charge in [0.25, 0.3) is 5.09 Å². The van der Waals surface area contributed by atoms with Gasteiger partial charge in [0, 0.05) is 32.7 Å². The standard InChI is InChI=1S/HNO3.Y/c2-1(3)4;/h(H,2,3,4);. The van der Waals surface area contributed by atoms with Crippen LogP contribution in [0.25, 0.3) is 0 Å². The maximum atomic E-state index is 8.36. The topological polar surface area (TPSA) is 63.4 Å². The van der Waals surface area contributed by atoms with E-state index < -0.39 is 5.09 Å². The van der Waals surface area contributed by atoms with Gasteiger partial charge in [0.05, 0.1) is 0 Å². The van der Waals surface area contributed by atoms with Gasteiger partial charge in [0.2, 0.25) is 0 Å². The first-order valence-electron chi connectivity index (χ1n) is 0.565. The van der Waals surface area contributed by atoms with E-state index in [1.807, 2.05) is 0 Å². The second-order valence-electron chi connectivity index (χ2n) is 0.238. The molecule has 0 rings (SSSR count). The molecule has 0 fully saturated rings. The van der Waals surface area contributed by atoms with E-state index >= 15 is 0 Å². The Kier molecular flexibility index (Phi) is 7.75. The van der Waals surface area contributed by atoms with E-state index in [-0.39, 0.29) is 32.7 Å². The monoisotopic (exact) mass is 152 g/mol. The Morgan fingerprint density at radius 3 is 1.80 bits per heavy atom. The minimum absolute atomic E-state index is 0. The Hall–Kier alpha value is 0.304. The van der Waals surface area contributed by atoms with E-state index in [0.29, 0.717) is 0 Å². The van der Waals surface area contributed by atoms with Gasteiger partial charge >= 0.3 is 0 Å². The molecule has 5 heteroatoms. The summed E-state index contributed by atoms with van der Waals surface area (Å²) in [5, 5.41) is 13.6. The molecule has 0 aliphatic carbocycles. The number of hydrogen-bond donors (Lipinski definition) is 1. The zero-order valence-corrected chi connectivity index (χ0v) is 5.13. The van der Waals surface area contributed by atoms with Gasteiger partial charge < -0.3 is 5.21 Å². The van der Waals surface area contributed by atoms with Crippen molar-refractivity contribution in [3.63, 3.8) is 0 Å². The van der Waals surface area contributed by atoms with Crippen LogP contribution in [0.3, 0.4) is 0 Å². The van der Waals surface area contributed by atoms with Crippen molar-refractivity contribution in [2.75, 3.05) is 0 Å². The summed E-state index contributed by atoms with van der Waals surface area (Å²) >= 11 is 0. The SMILES string of the molecule is O=[N+]([O-])O.[Y]. The van der Waals surface area contributed by atoms with Crippen molar-refractivity contribution in [1.82, 2.24) is 0 Å². The summed E-state index contributed by atoms with van der Waals surface area (Å²) in [6, 6.07) is 0. The molecule has 0 spiro atoms. The van der Waals surface area contributed by atoms with Crippen LogP contribution < -0.4 is 0 Å². The van der Waals surface area contributed by atoms with Gasteiger partial charge in [-0.3, -0.25) is 0 Å². The zero-order valence-electron chi connectivity index (χ0n) is 2.29. The quantitative estimate of drug-likeness (QED) is 0.381. The Morgan fingerprint density at radius 1 is 1.80 bits per heavy atom. The Morgan fingerprint density at radius 2 is 1.80 bits per heavy atom. The first kappa shape index (κ1) is 9.00. The summed E-state index contributed by atoms with van der Waals surface area (Å²) in [5.74, 6) is 0. The Balaban J connectivity index is 0. The molecule has 0 saturated carbocycles. The summed E-state index contributed by atoms with van der Waals surface area (Å²) in [7, 11) is 0. The summed E-state index contributed by atoms with van der Waals surface area (Å²) in [6.07, 6.45) is 0. The number of rotatable bonds is 0. The van der Waals surface area contributed by atoms with Gasteiger partial charge in [-0.05, 0) is 0 Å². The molecule has 0 aromatic heterocycles. The second-order valence-corrected chi connectivity index (χ2v) is 0.238. The summed E-state index contributed by atoms with van der Waals surface area (Å²) in [6.45, 7) is 0. The summed E-state index contributed by atoms with van der Waals surface area (Å²) in [4.78, 5) is 8.36. The van der Waals surface area contributed by atoms with E-state index in [1.54, 1.807) is 0 Å². The first-order valence-corrected chi connectivity index (χ1v) is 0.565. The number of nitrogens with zero attached hydrogens (tertiary/aromatic N) is 1. The molecule has 0 saturated heterocycles. The van der Waals surface area contributed by atoms with Crippen LogP contribution in [0.4, 0.5) is 0 Å². The summed E-state index contributed by atoms with van der Waals surface area (Å²) in [5.41, 5.74) is 0. The average molecular weight is 152 g/mol. The van der Waals surface area contributed by atoms with Gasteiger partial charge in [-0.1, -0.05) is 0 Å². The molecular weight excluding hydrogens is 151 g/mol. The van der Waals surface area contributed by atoms with E-state index in [4.69, 9.17) is 15.3 Å². The molecule has 1 N–H and O–H groups in total. The smallest absolute Gasteiger partial charge is 0.291 e. The third-order valence-electron chi connectivity index (χ3n) is 0. The first-order chi connectivity index (χ1) is 1.73. The van der Waals surface area contributed by atoms with Crippen LogP contribution in [0.5, 0.6) is 0 Å². The van der Waals surface area contributed by atoms with Crippen LogP contribution in [-0.2, 0) is 32.7 Å². The minimum Gasteiger partial charge on any atom is -0.328 e. The molecule has 27 valence electrons. The normalized spacial score (nSPS) is 4.80. The van der Waals surface area contributed by atoms with E-state index in [0.717, 1.165) is 0 Å². The third-order valence-corrected chi connectivity index (χ3v) is 0. The van der Waals surface area contributed by atoms with Crippen molar-refractivity contribution in [2.24, 2.45) is 0 Å². The molecule has 4 nitrogen and oxygen atoms in total. The fourth-order valence-electron chi connectivity index (χ4n) is 0. The molecule has 0 aromatic carbocycles. The van der Waals surface area contributed by atoms with Crippen LogP contribution in [-0.4, -0.2) is 10.3 Å². The van der Waals surface area contributed by atoms with Crippen LogP contribution >= 0.6 is 0 Å². The van der Waals surface area contributed by atoms with E-state index in [1.165, 1.54) is 0 Å². The van der Waals surface area contributed by atoms with Crippen molar-refractivity contribution in [3.05, 3.63) is 10.1 Å². The van der Waals surface area contributed by atoms with Crippen molar-refractivity contribution in [1.29, 1.82) is 0 Å². The average Bonchev–Trinajstić information content (AvgIpc) is 0.811. The maximum Gasteiger partial charge on any atom is 0.291 e. The largest absolute Gasteiger partial charge is 0.328 e. The maximum absolute atomic E-state index is 8.36. The number of hydrogen-bond acceptors (Lipinski definition) is 2.